The summed E-state index contributed by atoms with van der Waals surface area (Å²) in [5.41, 5.74) is -0.214. The van der Waals surface area contributed by atoms with Crippen molar-refractivity contribution in [3.8, 4) is 0 Å². The SMILES string of the molecule is CCc1cc(C(=O)NC(C)(CC)C(=O)O)n[nH]1. The Hall–Kier alpha value is -1.85. The summed E-state index contributed by atoms with van der Waals surface area (Å²) >= 11 is 0. The normalized spacial score (nSPS) is 14.1. The first-order valence-corrected chi connectivity index (χ1v) is 5.53. The maximum absolute atomic E-state index is 11.8. The summed E-state index contributed by atoms with van der Waals surface area (Å²) in [6.07, 6.45) is 1.05. The zero-order valence-electron chi connectivity index (χ0n) is 10.2. The maximum atomic E-state index is 11.8. The number of hydrogen-bond donors (Lipinski definition) is 3. The molecule has 0 fully saturated rings. The van der Waals surface area contributed by atoms with Crippen LogP contribution in [0.4, 0.5) is 0 Å². The van der Waals surface area contributed by atoms with Crippen molar-refractivity contribution in [3.05, 3.63) is 17.5 Å². The number of carboxylic acid groups (broad SMARTS) is 1. The Bertz CT molecular complexity index is 427. The van der Waals surface area contributed by atoms with E-state index in [1.807, 2.05) is 6.92 Å². The molecule has 3 N–H and O–H groups in total. The van der Waals surface area contributed by atoms with Gasteiger partial charge >= 0.3 is 5.97 Å². The molecular weight excluding hydrogens is 222 g/mol. The molecule has 0 aliphatic rings. The number of aromatic amines is 1. The standard InChI is InChI=1S/C11H17N3O3/c1-4-7-6-8(14-13-7)9(15)12-11(3,5-2)10(16)17/h6H,4-5H2,1-3H3,(H,12,15)(H,13,14)(H,16,17). The summed E-state index contributed by atoms with van der Waals surface area (Å²) in [6.45, 7) is 5.11. The third kappa shape index (κ3) is 2.83. The molecule has 0 saturated carbocycles. The third-order valence-corrected chi connectivity index (χ3v) is 2.81. The van der Waals surface area contributed by atoms with E-state index in [1.165, 1.54) is 6.92 Å². The zero-order valence-corrected chi connectivity index (χ0v) is 10.2. The van der Waals surface area contributed by atoms with Crippen LogP contribution in [0.3, 0.4) is 0 Å². The minimum atomic E-state index is -1.26. The van der Waals surface area contributed by atoms with Crippen LogP contribution < -0.4 is 5.32 Å². The van der Waals surface area contributed by atoms with Gasteiger partial charge in [0.2, 0.25) is 0 Å². The van der Waals surface area contributed by atoms with Crippen molar-refractivity contribution in [3.63, 3.8) is 0 Å². The van der Waals surface area contributed by atoms with Crippen LogP contribution in [-0.4, -0.2) is 32.7 Å². The number of aliphatic carboxylic acids is 1. The molecule has 1 rings (SSSR count). The molecule has 0 aliphatic heterocycles. The highest BCUT2D eigenvalue weighted by Crippen LogP contribution is 2.11. The van der Waals surface area contributed by atoms with Crippen LogP contribution in [0, 0.1) is 0 Å². The van der Waals surface area contributed by atoms with E-state index < -0.39 is 17.4 Å². The molecule has 1 atom stereocenters. The molecule has 1 aromatic heterocycles. The molecule has 0 saturated heterocycles. The number of aromatic nitrogens is 2. The predicted octanol–water partition coefficient (Wildman–Crippen LogP) is 0.955. The van der Waals surface area contributed by atoms with Gasteiger partial charge in [0.05, 0.1) is 0 Å². The van der Waals surface area contributed by atoms with Gasteiger partial charge in [-0.3, -0.25) is 9.89 Å². The first kappa shape index (κ1) is 13.2. The Kier molecular flexibility index (Phi) is 3.88. The summed E-state index contributed by atoms with van der Waals surface area (Å²) < 4.78 is 0. The van der Waals surface area contributed by atoms with E-state index >= 15 is 0 Å². The Morgan fingerprint density at radius 3 is 2.59 bits per heavy atom. The molecule has 0 aromatic carbocycles. The Morgan fingerprint density at radius 2 is 2.18 bits per heavy atom. The minimum absolute atomic E-state index is 0.211. The van der Waals surface area contributed by atoms with E-state index in [0.29, 0.717) is 6.42 Å². The Balaban J connectivity index is 2.81. The number of carbonyl (C=O) groups is 2. The van der Waals surface area contributed by atoms with Crippen molar-refractivity contribution in [2.24, 2.45) is 0 Å². The van der Waals surface area contributed by atoms with Crippen LogP contribution in [-0.2, 0) is 11.2 Å². The average molecular weight is 239 g/mol. The van der Waals surface area contributed by atoms with Crippen molar-refractivity contribution in [2.45, 2.75) is 39.2 Å². The monoisotopic (exact) mass is 239 g/mol. The summed E-state index contributed by atoms with van der Waals surface area (Å²) in [6, 6.07) is 1.62. The average Bonchev–Trinajstić information content (AvgIpc) is 2.77. The number of nitrogens with one attached hydrogen (secondary N) is 2. The Morgan fingerprint density at radius 1 is 1.53 bits per heavy atom. The summed E-state index contributed by atoms with van der Waals surface area (Å²) in [5.74, 6) is -1.53. The van der Waals surface area contributed by atoms with Gasteiger partial charge in [0.1, 0.15) is 11.2 Å². The first-order chi connectivity index (χ1) is 7.92. The number of aryl methyl sites for hydroxylation is 1. The van der Waals surface area contributed by atoms with Crippen LogP contribution in [0.25, 0.3) is 0 Å². The Labute approximate surface area is 99.4 Å². The quantitative estimate of drug-likeness (QED) is 0.713. The van der Waals surface area contributed by atoms with Crippen molar-refractivity contribution in [1.82, 2.24) is 15.5 Å². The zero-order chi connectivity index (χ0) is 13.1. The lowest BCUT2D eigenvalue weighted by Gasteiger charge is -2.23. The predicted molar refractivity (Wildman–Crippen MR) is 61.8 cm³/mol. The number of rotatable bonds is 5. The molecule has 0 aliphatic carbocycles. The number of amides is 1. The lowest BCUT2D eigenvalue weighted by Crippen LogP contribution is -2.51. The van der Waals surface area contributed by atoms with Crippen LogP contribution >= 0.6 is 0 Å². The highest BCUT2D eigenvalue weighted by molar-refractivity contribution is 5.96. The van der Waals surface area contributed by atoms with Gasteiger partial charge in [0.15, 0.2) is 0 Å². The largest absolute Gasteiger partial charge is 0.480 e. The summed E-state index contributed by atoms with van der Waals surface area (Å²) in [4.78, 5) is 22.8. The maximum Gasteiger partial charge on any atom is 0.329 e. The van der Waals surface area contributed by atoms with Gasteiger partial charge in [-0.25, -0.2) is 4.79 Å². The van der Waals surface area contributed by atoms with Gasteiger partial charge in [-0.15, -0.1) is 0 Å². The molecule has 0 spiro atoms. The van der Waals surface area contributed by atoms with Crippen LogP contribution in [0.2, 0.25) is 0 Å². The molecular formula is C11H17N3O3. The van der Waals surface area contributed by atoms with Gasteiger partial charge in [-0.2, -0.15) is 5.10 Å². The van der Waals surface area contributed by atoms with Crippen molar-refractivity contribution >= 4 is 11.9 Å². The molecule has 0 radical (unpaired) electrons. The fourth-order valence-electron chi connectivity index (χ4n) is 1.27. The van der Waals surface area contributed by atoms with Crippen molar-refractivity contribution < 1.29 is 14.7 Å². The van der Waals surface area contributed by atoms with E-state index in [-0.39, 0.29) is 5.69 Å². The second kappa shape index (κ2) is 4.99. The summed E-state index contributed by atoms with van der Waals surface area (Å²) in [5, 5.41) is 18.1. The van der Waals surface area contributed by atoms with E-state index in [9.17, 15) is 9.59 Å². The molecule has 1 aromatic rings. The summed E-state index contributed by atoms with van der Waals surface area (Å²) in [7, 11) is 0. The van der Waals surface area contributed by atoms with Crippen LogP contribution in [0.5, 0.6) is 0 Å². The minimum Gasteiger partial charge on any atom is -0.480 e. The lowest BCUT2D eigenvalue weighted by atomic mass is 9.99. The molecule has 1 heterocycles. The molecule has 0 bridgehead atoms. The van der Waals surface area contributed by atoms with Gasteiger partial charge in [-0.05, 0) is 25.8 Å². The van der Waals surface area contributed by atoms with Crippen molar-refractivity contribution in [2.75, 3.05) is 0 Å². The highest BCUT2D eigenvalue weighted by Gasteiger charge is 2.33. The number of carboxylic acids is 1. The highest BCUT2D eigenvalue weighted by atomic mass is 16.4. The topological polar surface area (TPSA) is 95.1 Å². The van der Waals surface area contributed by atoms with Crippen LogP contribution in [0.15, 0.2) is 6.07 Å². The number of carbonyl (C=O) groups excluding carboxylic acids is 1. The first-order valence-electron chi connectivity index (χ1n) is 5.53. The van der Waals surface area contributed by atoms with E-state index in [2.05, 4.69) is 15.5 Å². The molecule has 1 unspecified atom stereocenters. The fraction of sp³-hybridized carbons (Fsp3) is 0.545. The van der Waals surface area contributed by atoms with E-state index in [4.69, 9.17) is 5.11 Å². The third-order valence-electron chi connectivity index (χ3n) is 2.81. The second-order valence-electron chi connectivity index (χ2n) is 4.08. The van der Waals surface area contributed by atoms with Gasteiger partial charge in [-0.1, -0.05) is 13.8 Å². The molecule has 6 nitrogen and oxygen atoms in total. The number of H-pyrrole nitrogens is 1. The molecule has 17 heavy (non-hydrogen) atoms. The van der Waals surface area contributed by atoms with Gasteiger partial charge in [0.25, 0.3) is 5.91 Å². The lowest BCUT2D eigenvalue weighted by molar-refractivity contribution is -0.143. The van der Waals surface area contributed by atoms with E-state index in [1.54, 1.807) is 13.0 Å². The van der Waals surface area contributed by atoms with Gasteiger partial charge in [0, 0.05) is 5.69 Å². The molecule has 94 valence electrons. The second-order valence-corrected chi connectivity index (χ2v) is 4.08. The molecule has 1 amide bonds. The number of hydrogen-bond acceptors (Lipinski definition) is 3. The number of nitrogens with zero attached hydrogens (tertiary/aromatic N) is 1. The van der Waals surface area contributed by atoms with Crippen molar-refractivity contribution in [1.29, 1.82) is 0 Å². The molecule has 6 heteroatoms. The van der Waals surface area contributed by atoms with Crippen LogP contribution in [0.1, 0.15) is 43.4 Å². The van der Waals surface area contributed by atoms with Gasteiger partial charge < -0.3 is 10.4 Å². The fourth-order valence-corrected chi connectivity index (χ4v) is 1.27. The van der Waals surface area contributed by atoms with E-state index in [0.717, 1.165) is 12.1 Å². The smallest absolute Gasteiger partial charge is 0.329 e.